The minimum atomic E-state index is 0.764. The molecule has 0 radical (unpaired) electrons. The van der Waals surface area contributed by atoms with Crippen molar-refractivity contribution in [3.05, 3.63) is 109 Å². The summed E-state index contributed by atoms with van der Waals surface area (Å²) in [4.78, 5) is 2.24. The summed E-state index contributed by atoms with van der Waals surface area (Å²) in [6.45, 7) is 0. The van der Waals surface area contributed by atoms with Crippen molar-refractivity contribution >= 4 is 22.7 Å². The van der Waals surface area contributed by atoms with Gasteiger partial charge in [-0.1, -0.05) is 60.7 Å². The van der Waals surface area contributed by atoms with E-state index in [1.54, 1.807) is 0 Å². The van der Waals surface area contributed by atoms with Gasteiger partial charge in [-0.05, 0) is 59.7 Å². The predicted molar refractivity (Wildman–Crippen MR) is 111 cm³/mol. The summed E-state index contributed by atoms with van der Waals surface area (Å²) >= 11 is 0. The lowest BCUT2D eigenvalue weighted by molar-refractivity contribution is 1.28. The first-order valence-electron chi connectivity index (χ1n) is 8.67. The van der Waals surface area contributed by atoms with Gasteiger partial charge in [0.25, 0.3) is 0 Å². The molecule has 2 N–H and O–H groups in total. The van der Waals surface area contributed by atoms with Crippen molar-refractivity contribution in [3.63, 3.8) is 0 Å². The van der Waals surface area contributed by atoms with Crippen molar-refractivity contribution in [2.75, 3.05) is 10.6 Å². The van der Waals surface area contributed by atoms with Crippen LogP contribution in [-0.4, -0.2) is 0 Å². The maximum Gasteiger partial charge on any atom is 0.0467 e. The Labute approximate surface area is 154 Å². The first-order chi connectivity index (χ1) is 12.8. The van der Waals surface area contributed by atoms with E-state index in [2.05, 4.69) is 89.8 Å². The third kappa shape index (κ3) is 3.31. The third-order valence-corrected chi connectivity index (χ3v) is 4.38. The van der Waals surface area contributed by atoms with Crippen molar-refractivity contribution in [1.82, 2.24) is 0 Å². The zero-order valence-corrected chi connectivity index (χ0v) is 14.4. The summed E-state index contributed by atoms with van der Waals surface area (Å²) in [5.74, 6) is 0. The molecular formula is C24H20N2. The Balaban J connectivity index is 1.83. The van der Waals surface area contributed by atoms with E-state index in [0.29, 0.717) is 0 Å². The number of nitrogen functional groups attached to an aromatic ring is 1. The molecular weight excluding hydrogens is 316 g/mol. The fraction of sp³-hybridized carbons (Fsp3) is 0. The van der Waals surface area contributed by atoms with Crippen LogP contribution in [0, 0.1) is 0 Å². The Hall–Kier alpha value is -3.52. The number of hydrogen-bond acceptors (Lipinski definition) is 2. The summed E-state index contributed by atoms with van der Waals surface area (Å²) in [5, 5.41) is 0. The van der Waals surface area contributed by atoms with Gasteiger partial charge in [0.15, 0.2) is 0 Å². The van der Waals surface area contributed by atoms with Gasteiger partial charge in [-0.2, -0.15) is 0 Å². The van der Waals surface area contributed by atoms with Crippen LogP contribution in [0.4, 0.5) is 22.7 Å². The van der Waals surface area contributed by atoms with Crippen LogP contribution in [0.3, 0.4) is 0 Å². The van der Waals surface area contributed by atoms with E-state index in [-0.39, 0.29) is 0 Å². The van der Waals surface area contributed by atoms with E-state index in [4.69, 9.17) is 5.73 Å². The molecule has 0 saturated carbocycles. The minimum Gasteiger partial charge on any atom is -0.399 e. The Morgan fingerprint density at radius 3 is 1.69 bits per heavy atom. The standard InChI is InChI=1S/C24H20N2/c25-21-14-16-23(17-15-21)26(22-11-5-2-6-12-22)24-13-7-10-20(18-24)19-8-3-1-4-9-19/h1-18H,25H2. The first kappa shape index (κ1) is 16.0. The Bertz CT molecular complexity index is 977. The number of anilines is 4. The van der Waals surface area contributed by atoms with E-state index < -0.39 is 0 Å². The second kappa shape index (κ2) is 7.16. The Morgan fingerprint density at radius 1 is 0.462 bits per heavy atom. The zero-order valence-electron chi connectivity index (χ0n) is 14.4. The average Bonchev–Trinajstić information content (AvgIpc) is 2.71. The molecule has 4 aromatic rings. The van der Waals surface area contributed by atoms with E-state index in [1.807, 2.05) is 24.3 Å². The van der Waals surface area contributed by atoms with Gasteiger partial charge in [0.2, 0.25) is 0 Å². The zero-order chi connectivity index (χ0) is 17.8. The van der Waals surface area contributed by atoms with Crippen LogP contribution in [0.5, 0.6) is 0 Å². The van der Waals surface area contributed by atoms with Crippen molar-refractivity contribution in [3.8, 4) is 11.1 Å². The van der Waals surface area contributed by atoms with Gasteiger partial charge in [0, 0.05) is 22.7 Å². The molecule has 126 valence electrons. The maximum atomic E-state index is 5.89. The highest BCUT2D eigenvalue weighted by Gasteiger charge is 2.12. The molecule has 0 unspecified atom stereocenters. The van der Waals surface area contributed by atoms with Gasteiger partial charge in [-0.3, -0.25) is 0 Å². The van der Waals surface area contributed by atoms with E-state index in [9.17, 15) is 0 Å². The molecule has 2 nitrogen and oxygen atoms in total. The first-order valence-corrected chi connectivity index (χ1v) is 8.67. The van der Waals surface area contributed by atoms with Crippen LogP contribution < -0.4 is 10.6 Å². The van der Waals surface area contributed by atoms with Gasteiger partial charge in [-0.15, -0.1) is 0 Å². The lowest BCUT2D eigenvalue weighted by Crippen LogP contribution is -2.09. The molecule has 0 amide bonds. The molecule has 0 bridgehead atoms. The molecule has 0 aliphatic heterocycles. The molecule has 0 aliphatic rings. The van der Waals surface area contributed by atoms with Crippen molar-refractivity contribution < 1.29 is 0 Å². The molecule has 2 heteroatoms. The van der Waals surface area contributed by atoms with Gasteiger partial charge >= 0.3 is 0 Å². The maximum absolute atomic E-state index is 5.89. The molecule has 26 heavy (non-hydrogen) atoms. The third-order valence-electron chi connectivity index (χ3n) is 4.38. The van der Waals surface area contributed by atoms with E-state index in [0.717, 1.165) is 22.7 Å². The summed E-state index contributed by atoms with van der Waals surface area (Å²) in [5.41, 5.74) is 12.4. The second-order valence-corrected chi connectivity index (χ2v) is 6.18. The van der Waals surface area contributed by atoms with Gasteiger partial charge < -0.3 is 10.6 Å². The minimum absolute atomic E-state index is 0.764. The number of hydrogen-bond donors (Lipinski definition) is 1. The van der Waals surface area contributed by atoms with Crippen LogP contribution in [0.2, 0.25) is 0 Å². The van der Waals surface area contributed by atoms with Gasteiger partial charge in [0.1, 0.15) is 0 Å². The topological polar surface area (TPSA) is 29.3 Å². The molecule has 4 aromatic carbocycles. The van der Waals surface area contributed by atoms with Crippen LogP contribution in [0.25, 0.3) is 11.1 Å². The number of benzene rings is 4. The fourth-order valence-corrected chi connectivity index (χ4v) is 3.10. The number of nitrogens with two attached hydrogens (primary N) is 1. The molecule has 4 rings (SSSR count). The van der Waals surface area contributed by atoms with Gasteiger partial charge in [-0.25, -0.2) is 0 Å². The summed E-state index contributed by atoms with van der Waals surface area (Å²) < 4.78 is 0. The SMILES string of the molecule is Nc1ccc(N(c2ccccc2)c2cccc(-c3ccccc3)c2)cc1. The summed E-state index contributed by atoms with van der Waals surface area (Å²) in [6, 6.07) is 37.4. The molecule has 0 aliphatic carbocycles. The summed E-state index contributed by atoms with van der Waals surface area (Å²) in [6.07, 6.45) is 0. The van der Waals surface area contributed by atoms with E-state index >= 15 is 0 Å². The van der Waals surface area contributed by atoms with Crippen molar-refractivity contribution in [2.24, 2.45) is 0 Å². The highest BCUT2D eigenvalue weighted by atomic mass is 15.1. The smallest absolute Gasteiger partial charge is 0.0467 e. The average molecular weight is 336 g/mol. The monoisotopic (exact) mass is 336 g/mol. The number of rotatable bonds is 4. The van der Waals surface area contributed by atoms with Crippen molar-refractivity contribution in [2.45, 2.75) is 0 Å². The molecule has 0 aromatic heterocycles. The highest BCUT2D eigenvalue weighted by molar-refractivity contribution is 5.80. The van der Waals surface area contributed by atoms with Crippen LogP contribution in [-0.2, 0) is 0 Å². The Morgan fingerprint density at radius 2 is 1.00 bits per heavy atom. The molecule has 0 saturated heterocycles. The quantitative estimate of drug-likeness (QED) is 0.437. The summed E-state index contributed by atoms with van der Waals surface area (Å²) in [7, 11) is 0. The van der Waals surface area contributed by atoms with E-state index in [1.165, 1.54) is 11.1 Å². The largest absolute Gasteiger partial charge is 0.399 e. The van der Waals surface area contributed by atoms with Crippen LogP contribution in [0.1, 0.15) is 0 Å². The van der Waals surface area contributed by atoms with Crippen LogP contribution in [0.15, 0.2) is 109 Å². The normalized spacial score (nSPS) is 10.5. The fourth-order valence-electron chi connectivity index (χ4n) is 3.10. The molecule has 0 atom stereocenters. The number of nitrogens with zero attached hydrogens (tertiary/aromatic N) is 1. The van der Waals surface area contributed by atoms with Crippen LogP contribution >= 0.6 is 0 Å². The molecule has 0 spiro atoms. The lowest BCUT2D eigenvalue weighted by Gasteiger charge is -2.26. The highest BCUT2D eigenvalue weighted by Crippen LogP contribution is 2.36. The number of para-hydroxylation sites is 1. The van der Waals surface area contributed by atoms with Crippen molar-refractivity contribution in [1.29, 1.82) is 0 Å². The molecule has 0 fully saturated rings. The predicted octanol–water partition coefficient (Wildman–Crippen LogP) is 6.41. The van der Waals surface area contributed by atoms with Gasteiger partial charge in [0.05, 0.1) is 0 Å². The second-order valence-electron chi connectivity index (χ2n) is 6.18. The lowest BCUT2D eigenvalue weighted by atomic mass is 10.0. The molecule has 0 heterocycles. The Kier molecular flexibility index (Phi) is 4.40.